The Hall–Kier alpha value is -0.300. The number of rotatable bonds is 9. The molecule has 0 bridgehead atoms. The Labute approximate surface area is 154 Å². The van der Waals surface area contributed by atoms with Gasteiger partial charge in [-0.25, -0.2) is 0 Å². The molecule has 0 aromatic carbocycles. The zero-order valence-electron chi connectivity index (χ0n) is 14.5. The molecule has 0 aliphatic carbocycles. The van der Waals surface area contributed by atoms with Crippen LogP contribution in [0.2, 0.25) is 0 Å². The molecule has 130 valence electrons. The van der Waals surface area contributed by atoms with E-state index in [1.807, 2.05) is 13.1 Å². The molecule has 1 heterocycles. The summed E-state index contributed by atoms with van der Waals surface area (Å²) >= 11 is 0. The van der Waals surface area contributed by atoms with Crippen molar-refractivity contribution < 1.29 is 0 Å². The summed E-state index contributed by atoms with van der Waals surface area (Å²) in [4.78, 5) is 9.18. The minimum atomic E-state index is 0. The molecule has 0 unspecified atom stereocenters. The lowest BCUT2D eigenvalue weighted by atomic mass is 10.1. The summed E-state index contributed by atoms with van der Waals surface area (Å²) in [5, 5.41) is 3.49. The number of halogens is 1. The van der Waals surface area contributed by atoms with E-state index in [1.165, 1.54) is 51.6 Å². The van der Waals surface area contributed by atoms with E-state index < -0.39 is 0 Å². The minimum Gasteiger partial charge on any atom is -0.355 e. The molecular weight excluding hydrogens is 387 g/mol. The summed E-state index contributed by atoms with van der Waals surface area (Å²) in [5.41, 5.74) is 0. The van der Waals surface area contributed by atoms with Gasteiger partial charge in [0.15, 0.2) is 5.96 Å². The van der Waals surface area contributed by atoms with Crippen molar-refractivity contribution in [3.05, 3.63) is 12.7 Å². The fourth-order valence-electron chi connectivity index (χ4n) is 2.81. The number of likely N-dealkylation sites (tertiary alicyclic amines) is 1. The third-order valence-electron chi connectivity index (χ3n) is 4.13. The summed E-state index contributed by atoms with van der Waals surface area (Å²) in [6, 6.07) is 0. The van der Waals surface area contributed by atoms with Crippen molar-refractivity contribution in [3.63, 3.8) is 0 Å². The maximum Gasteiger partial charge on any atom is 0.193 e. The Bertz CT molecular complexity index is 301. The van der Waals surface area contributed by atoms with Crippen molar-refractivity contribution in [2.75, 3.05) is 46.8 Å². The van der Waals surface area contributed by atoms with Gasteiger partial charge in [-0.05, 0) is 45.2 Å². The largest absolute Gasteiger partial charge is 0.355 e. The second kappa shape index (κ2) is 14.3. The summed E-state index contributed by atoms with van der Waals surface area (Å²) in [6.07, 6.45) is 11.0. The quantitative estimate of drug-likeness (QED) is 0.203. The third kappa shape index (κ3) is 9.66. The highest BCUT2D eigenvalue weighted by molar-refractivity contribution is 14.0. The number of nitrogens with one attached hydrogen (secondary N) is 1. The highest BCUT2D eigenvalue weighted by atomic mass is 127. The summed E-state index contributed by atoms with van der Waals surface area (Å²) in [5.74, 6) is 1.02. The Morgan fingerprint density at radius 3 is 2.59 bits per heavy atom. The highest BCUT2D eigenvalue weighted by Crippen LogP contribution is 2.07. The number of hydrogen-bond donors (Lipinski definition) is 1. The fraction of sp³-hybridized carbons (Fsp3) is 0.824. The van der Waals surface area contributed by atoms with Gasteiger partial charge in [-0.3, -0.25) is 4.99 Å². The molecule has 22 heavy (non-hydrogen) atoms. The molecule has 0 amide bonds. The van der Waals surface area contributed by atoms with E-state index in [1.54, 1.807) is 0 Å². The molecular formula is C17H35IN4. The van der Waals surface area contributed by atoms with Crippen molar-refractivity contribution in [3.8, 4) is 0 Å². The standard InChI is InChI=1S/C17H34N4.HI/c1-4-5-6-7-9-13-20(3)17(18-2)19-12-16-21-14-10-8-11-15-21;/h4H,1,5-16H2,2-3H3,(H,18,19);1H. The van der Waals surface area contributed by atoms with Crippen molar-refractivity contribution >= 4 is 29.9 Å². The number of unbranched alkanes of at least 4 members (excludes halogenated alkanes) is 3. The zero-order valence-corrected chi connectivity index (χ0v) is 16.8. The fourth-order valence-corrected chi connectivity index (χ4v) is 2.81. The molecule has 5 heteroatoms. The molecule has 4 nitrogen and oxygen atoms in total. The molecule has 1 aliphatic rings. The van der Waals surface area contributed by atoms with Gasteiger partial charge in [0.25, 0.3) is 0 Å². The van der Waals surface area contributed by atoms with E-state index in [-0.39, 0.29) is 24.0 Å². The first-order valence-corrected chi connectivity index (χ1v) is 8.53. The number of nitrogens with zero attached hydrogens (tertiary/aromatic N) is 3. The van der Waals surface area contributed by atoms with Crippen LogP contribution in [0.25, 0.3) is 0 Å². The van der Waals surface area contributed by atoms with Gasteiger partial charge in [-0.15, -0.1) is 30.6 Å². The van der Waals surface area contributed by atoms with Crippen LogP contribution in [0, 0.1) is 0 Å². The zero-order chi connectivity index (χ0) is 15.3. The van der Waals surface area contributed by atoms with E-state index in [9.17, 15) is 0 Å². The number of allylic oxidation sites excluding steroid dienone is 1. The lowest BCUT2D eigenvalue weighted by molar-refractivity contribution is 0.231. The van der Waals surface area contributed by atoms with Gasteiger partial charge in [-0.1, -0.05) is 18.9 Å². The maximum atomic E-state index is 4.38. The predicted octanol–water partition coefficient (Wildman–Crippen LogP) is 3.34. The second-order valence-electron chi connectivity index (χ2n) is 5.94. The average molecular weight is 422 g/mol. The van der Waals surface area contributed by atoms with Crippen LogP contribution < -0.4 is 5.32 Å². The topological polar surface area (TPSA) is 30.9 Å². The molecule has 1 N–H and O–H groups in total. The minimum absolute atomic E-state index is 0. The first-order valence-electron chi connectivity index (χ1n) is 8.53. The number of piperidine rings is 1. The Kier molecular flexibility index (Phi) is 14.1. The summed E-state index contributed by atoms with van der Waals surface area (Å²) < 4.78 is 0. The van der Waals surface area contributed by atoms with Crippen LogP contribution in [-0.2, 0) is 0 Å². The highest BCUT2D eigenvalue weighted by Gasteiger charge is 2.10. The first kappa shape index (κ1) is 21.7. The normalized spacial score (nSPS) is 16.0. The van der Waals surface area contributed by atoms with Crippen LogP contribution >= 0.6 is 24.0 Å². The summed E-state index contributed by atoms with van der Waals surface area (Å²) in [6.45, 7) is 9.48. The molecule has 0 saturated carbocycles. The Morgan fingerprint density at radius 1 is 1.23 bits per heavy atom. The molecule has 1 rings (SSSR count). The van der Waals surface area contributed by atoms with Gasteiger partial charge in [0.05, 0.1) is 0 Å². The third-order valence-corrected chi connectivity index (χ3v) is 4.13. The maximum absolute atomic E-state index is 4.38. The molecule has 1 aliphatic heterocycles. The van der Waals surface area contributed by atoms with Gasteiger partial charge >= 0.3 is 0 Å². The van der Waals surface area contributed by atoms with Gasteiger partial charge in [0, 0.05) is 33.7 Å². The monoisotopic (exact) mass is 422 g/mol. The van der Waals surface area contributed by atoms with Crippen LogP contribution in [0.5, 0.6) is 0 Å². The first-order chi connectivity index (χ1) is 10.3. The van der Waals surface area contributed by atoms with Gasteiger partial charge in [0.2, 0.25) is 0 Å². The van der Waals surface area contributed by atoms with Crippen molar-refractivity contribution in [1.29, 1.82) is 0 Å². The molecule has 0 atom stereocenters. The molecule has 1 saturated heterocycles. The van der Waals surface area contributed by atoms with E-state index in [4.69, 9.17) is 0 Å². The molecule has 0 aromatic rings. The van der Waals surface area contributed by atoms with Crippen molar-refractivity contribution in [2.45, 2.75) is 44.9 Å². The van der Waals surface area contributed by atoms with Crippen molar-refractivity contribution in [1.82, 2.24) is 15.1 Å². The van der Waals surface area contributed by atoms with Crippen LogP contribution in [0.4, 0.5) is 0 Å². The molecule has 1 fully saturated rings. The number of guanidine groups is 1. The molecule has 0 aromatic heterocycles. The average Bonchev–Trinajstić information content (AvgIpc) is 2.52. The summed E-state index contributed by atoms with van der Waals surface area (Å²) in [7, 11) is 4.00. The lowest BCUT2D eigenvalue weighted by Crippen LogP contribution is -2.43. The van der Waals surface area contributed by atoms with E-state index in [0.717, 1.165) is 32.0 Å². The number of aliphatic imine (C=N–C) groups is 1. The van der Waals surface area contributed by atoms with Crippen molar-refractivity contribution in [2.24, 2.45) is 4.99 Å². The van der Waals surface area contributed by atoms with Crippen LogP contribution in [0.3, 0.4) is 0 Å². The second-order valence-corrected chi connectivity index (χ2v) is 5.94. The van der Waals surface area contributed by atoms with E-state index in [0.29, 0.717) is 0 Å². The van der Waals surface area contributed by atoms with Gasteiger partial charge < -0.3 is 15.1 Å². The molecule has 0 radical (unpaired) electrons. The van der Waals surface area contributed by atoms with Crippen LogP contribution in [0.1, 0.15) is 44.9 Å². The lowest BCUT2D eigenvalue weighted by Gasteiger charge is -2.28. The van der Waals surface area contributed by atoms with Crippen LogP contribution in [0.15, 0.2) is 17.6 Å². The van der Waals surface area contributed by atoms with E-state index >= 15 is 0 Å². The number of hydrogen-bond acceptors (Lipinski definition) is 2. The Balaban J connectivity index is 0.00000441. The molecule has 0 spiro atoms. The smallest absolute Gasteiger partial charge is 0.193 e. The Morgan fingerprint density at radius 2 is 1.95 bits per heavy atom. The van der Waals surface area contributed by atoms with Crippen LogP contribution in [-0.4, -0.2) is 62.6 Å². The van der Waals surface area contributed by atoms with E-state index in [2.05, 4.69) is 33.7 Å². The SMILES string of the molecule is C=CCCCCCN(C)C(=NC)NCCN1CCCCC1.I. The van der Waals surface area contributed by atoms with Gasteiger partial charge in [-0.2, -0.15) is 0 Å². The predicted molar refractivity (Wildman–Crippen MR) is 108 cm³/mol. The van der Waals surface area contributed by atoms with Gasteiger partial charge in [0.1, 0.15) is 0 Å².